The zero-order chi connectivity index (χ0) is 19.8. The van der Waals surface area contributed by atoms with E-state index in [4.69, 9.17) is 4.74 Å². The van der Waals surface area contributed by atoms with Gasteiger partial charge < -0.3 is 10.1 Å². The molecule has 3 rings (SSSR count). The maximum atomic E-state index is 12.1. The first-order chi connectivity index (χ1) is 13.6. The Bertz CT molecular complexity index is 771. The topological polar surface area (TPSA) is 41.6 Å². The molecule has 1 amide bonds. The molecule has 0 spiro atoms. The number of carbonyl (C=O) groups excluding carboxylic acids is 1. The van der Waals surface area contributed by atoms with Gasteiger partial charge in [-0.05, 0) is 77.1 Å². The van der Waals surface area contributed by atoms with Crippen LogP contribution in [0.4, 0.5) is 0 Å². The number of benzene rings is 2. The third-order valence-corrected chi connectivity index (χ3v) is 5.75. The van der Waals surface area contributed by atoms with Crippen molar-refractivity contribution < 1.29 is 9.53 Å². The number of aryl methyl sites for hydroxylation is 1. The highest BCUT2D eigenvalue weighted by molar-refractivity contribution is 9.10. The average Bonchev–Trinajstić information content (AvgIpc) is 2.73. The van der Waals surface area contributed by atoms with Gasteiger partial charge in [0.15, 0.2) is 6.61 Å². The molecule has 5 heteroatoms. The summed E-state index contributed by atoms with van der Waals surface area (Å²) in [5.41, 5.74) is 3.66. The summed E-state index contributed by atoms with van der Waals surface area (Å²) in [6, 6.07) is 14.5. The van der Waals surface area contributed by atoms with Gasteiger partial charge in [-0.25, -0.2) is 0 Å². The second-order valence-corrected chi connectivity index (χ2v) is 8.19. The Kier molecular flexibility index (Phi) is 7.92. The minimum atomic E-state index is -0.121. The molecule has 1 aliphatic rings. The van der Waals surface area contributed by atoms with E-state index in [0.717, 1.165) is 23.0 Å². The number of hydrogen-bond acceptors (Lipinski definition) is 3. The fourth-order valence-corrected chi connectivity index (χ4v) is 3.96. The van der Waals surface area contributed by atoms with Gasteiger partial charge in [0, 0.05) is 13.1 Å². The summed E-state index contributed by atoms with van der Waals surface area (Å²) in [7, 11) is 0. The number of hydrogen-bond donors (Lipinski definition) is 1. The summed E-state index contributed by atoms with van der Waals surface area (Å²) in [5, 5.41) is 2.92. The Labute approximate surface area is 176 Å². The minimum absolute atomic E-state index is 0.0110. The highest BCUT2D eigenvalue weighted by atomic mass is 79.9. The van der Waals surface area contributed by atoms with Crippen LogP contribution in [-0.2, 0) is 24.3 Å². The van der Waals surface area contributed by atoms with Crippen molar-refractivity contribution in [2.45, 2.75) is 45.7 Å². The summed E-state index contributed by atoms with van der Waals surface area (Å²) in [6.07, 6.45) is 4.95. The monoisotopic (exact) mass is 444 g/mol. The lowest BCUT2D eigenvalue weighted by Gasteiger charge is -2.26. The largest absolute Gasteiger partial charge is 0.483 e. The fraction of sp³-hybridized carbons (Fsp3) is 0.435. The normalized spacial score (nSPS) is 14.6. The molecule has 1 N–H and O–H groups in total. The molecule has 0 radical (unpaired) electrons. The predicted molar refractivity (Wildman–Crippen MR) is 116 cm³/mol. The molecule has 0 atom stereocenters. The number of nitrogens with one attached hydrogen (secondary N) is 1. The van der Waals surface area contributed by atoms with Crippen molar-refractivity contribution in [2.75, 3.05) is 19.7 Å². The van der Waals surface area contributed by atoms with Crippen molar-refractivity contribution in [3.63, 3.8) is 0 Å². The van der Waals surface area contributed by atoms with Gasteiger partial charge in [0.1, 0.15) is 5.75 Å². The number of nitrogens with zero attached hydrogens (tertiary/aromatic N) is 1. The first-order valence-corrected chi connectivity index (χ1v) is 10.9. The third kappa shape index (κ3) is 6.35. The van der Waals surface area contributed by atoms with E-state index in [-0.39, 0.29) is 12.5 Å². The molecule has 0 aliphatic carbocycles. The van der Waals surface area contributed by atoms with Gasteiger partial charge in [0.2, 0.25) is 0 Å². The molecule has 1 fully saturated rings. The van der Waals surface area contributed by atoms with Crippen LogP contribution in [0.15, 0.2) is 46.9 Å². The van der Waals surface area contributed by atoms with Crippen LogP contribution in [0.1, 0.15) is 42.9 Å². The van der Waals surface area contributed by atoms with Gasteiger partial charge in [-0.15, -0.1) is 0 Å². The Morgan fingerprint density at radius 3 is 2.39 bits per heavy atom. The van der Waals surface area contributed by atoms with E-state index in [1.807, 2.05) is 18.2 Å². The first-order valence-electron chi connectivity index (χ1n) is 10.1. The van der Waals surface area contributed by atoms with E-state index in [1.54, 1.807) is 0 Å². The van der Waals surface area contributed by atoms with Crippen LogP contribution in [0.3, 0.4) is 0 Å². The Hall–Kier alpha value is -1.85. The summed E-state index contributed by atoms with van der Waals surface area (Å²) in [6.45, 7) is 6.06. The lowest BCUT2D eigenvalue weighted by molar-refractivity contribution is -0.123. The molecular weight excluding hydrogens is 416 g/mol. The van der Waals surface area contributed by atoms with Gasteiger partial charge in [0.25, 0.3) is 5.91 Å². The van der Waals surface area contributed by atoms with Crippen LogP contribution in [0.5, 0.6) is 5.75 Å². The molecule has 0 unspecified atom stereocenters. The Morgan fingerprint density at radius 2 is 1.71 bits per heavy atom. The van der Waals surface area contributed by atoms with E-state index in [2.05, 4.69) is 57.3 Å². The van der Waals surface area contributed by atoms with Crippen molar-refractivity contribution in [2.24, 2.45) is 0 Å². The smallest absolute Gasteiger partial charge is 0.258 e. The minimum Gasteiger partial charge on any atom is -0.483 e. The maximum Gasteiger partial charge on any atom is 0.258 e. The van der Waals surface area contributed by atoms with E-state index >= 15 is 0 Å². The van der Waals surface area contributed by atoms with Gasteiger partial charge in [-0.2, -0.15) is 0 Å². The van der Waals surface area contributed by atoms with Crippen LogP contribution in [-0.4, -0.2) is 30.5 Å². The SMILES string of the molecule is CCc1ccc(OCC(=O)NCc2ccc(CN3CCCCC3)cc2)c(Br)c1. The molecule has 2 aromatic carbocycles. The van der Waals surface area contributed by atoms with Gasteiger partial charge >= 0.3 is 0 Å². The van der Waals surface area contributed by atoms with Crippen molar-refractivity contribution in [3.8, 4) is 5.75 Å². The summed E-state index contributed by atoms with van der Waals surface area (Å²) in [5.74, 6) is 0.568. The predicted octanol–water partition coefficient (Wildman–Crippen LogP) is 4.69. The second kappa shape index (κ2) is 10.6. The highest BCUT2D eigenvalue weighted by Crippen LogP contribution is 2.26. The van der Waals surface area contributed by atoms with E-state index in [0.29, 0.717) is 12.3 Å². The van der Waals surface area contributed by atoms with E-state index < -0.39 is 0 Å². The number of piperidine rings is 1. The van der Waals surface area contributed by atoms with Crippen LogP contribution in [0.25, 0.3) is 0 Å². The maximum absolute atomic E-state index is 12.1. The summed E-state index contributed by atoms with van der Waals surface area (Å²) in [4.78, 5) is 14.6. The zero-order valence-electron chi connectivity index (χ0n) is 16.5. The Balaban J connectivity index is 1.41. The van der Waals surface area contributed by atoms with Crippen molar-refractivity contribution in [1.29, 1.82) is 0 Å². The molecule has 1 aliphatic heterocycles. The lowest BCUT2D eigenvalue weighted by atomic mass is 10.1. The molecule has 0 saturated carbocycles. The number of carbonyl (C=O) groups is 1. The standard InChI is InChI=1S/C23H29BrN2O2/c1-2-18-10-11-22(21(24)14-18)28-17-23(27)25-15-19-6-8-20(9-7-19)16-26-12-4-3-5-13-26/h6-11,14H,2-5,12-13,15-17H2,1H3,(H,25,27). The fourth-order valence-electron chi connectivity index (χ4n) is 3.41. The quantitative estimate of drug-likeness (QED) is 0.641. The van der Waals surface area contributed by atoms with E-state index in [9.17, 15) is 4.79 Å². The molecule has 0 aromatic heterocycles. The number of rotatable bonds is 8. The van der Waals surface area contributed by atoms with Crippen molar-refractivity contribution in [3.05, 3.63) is 63.6 Å². The van der Waals surface area contributed by atoms with Crippen LogP contribution in [0.2, 0.25) is 0 Å². The summed E-state index contributed by atoms with van der Waals surface area (Å²) >= 11 is 3.50. The molecule has 4 nitrogen and oxygen atoms in total. The molecule has 0 bridgehead atoms. The molecule has 28 heavy (non-hydrogen) atoms. The zero-order valence-corrected chi connectivity index (χ0v) is 18.1. The second-order valence-electron chi connectivity index (χ2n) is 7.34. The number of amides is 1. The molecule has 1 saturated heterocycles. The van der Waals surface area contributed by atoms with Crippen LogP contribution >= 0.6 is 15.9 Å². The van der Waals surface area contributed by atoms with Crippen LogP contribution in [0, 0.1) is 0 Å². The number of ether oxygens (including phenoxy) is 1. The highest BCUT2D eigenvalue weighted by Gasteiger charge is 2.10. The lowest BCUT2D eigenvalue weighted by Crippen LogP contribution is -2.29. The van der Waals surface area contributed by atoms with Gasteiger partial charge in [0.05, 0.1) is 4.47 Å². The first kappa shape index (κ1) is 20.9. The molecule has 2 aromatic rings. The van der Waals surface area contributed by atoms with Crippen molar-refractivity contribution >= 4 is 21.8 Å². The third-order valence-electron chi connectivity index (χ3n) is 5.13. The number of halogens is 1. The average molecular weight is 445 g/mol. The van der Waals surface area contributed by atoms with Crippen LogP contribution < -0.4 is 10.1 Å². The number of likely N-dealkylation sites (tertiary alicyclic amines) is 1. The molecular formula is C23H29BrN2O2. The van der Waals surface area contributed by atoms with E-state index in [1.165, 1.54) is 43.5 Å². The molecule has 150 valence electrons. The Morgan fingerprint density at radius 1 is 1.04 bits per heavy atom. The molecule has 1 heterocycles. The summed E-state index contributed by atoms with van der Waals surface area (Å²) < 4.78 is 6.50. The van der Waals surface area contributed by atoms with Crippen molar-refractivity contribution in [1.82, 2.24) is 10.2 Å². The van der Waals surface area contributed by atoms with Gasteiger partial charge in [-0.1, -0.05) is 43.7 Å². The van der Waals surface area contributed by atoms with Gasteiger partial charge in [-0.3, -0.25) is 9.69 Å².